The van der Waals surface area contributed by atoms with Crippen LogP contribution in [0, 0.1) is 6.92 Å². The van der Waals surface area contributed by atoms with Crippen molar-refractivity contribution >= 4 is 17.4 Å². The van der Waals surface area contributed by atoms with Gasteiger partial charge in [-0.1, -0.05) is 47.9 Å². The maximum absolute atomic E-state index is 12.9. The molecule has 0 aliphatic rings. The minimum Gasteiger partial charge on any atom is -0.360 e. The average molecular weight is 326 g/mol. The minimum absolute atomic E-state index is 0.0417. The molecule has 3 rings (SSSR count). The van der Waals surface area contributed by atoms with Gasteiger partial charge in [-0.05, 0) is 36.8 Å². The highest BCUT2D eigenvalue weighted by molar-refractivity contribution is 6.30. The van der Waals surface area contributed by atoms with Crippen LogP contribution in [0.15, 0.2) is 53.1 Å². The van der Waals surface area contributed by atoms with E-state index in [0.29, 0.717) is 16.1 Å². The molecular formula is C19H16ClNO2. The number of aromatic nitrogens is 1. The maximum atomic E-state index is 12.9. The fourth-order valence-corrected chi connectivity index (χ4v) is 2.78. The molecule has 3 nitrogen and oxygen atoms in total. The molecule has 0 unspecified atom stereocenters. The Morgan fingerprint density at radius 1 is 1.13 bits per heavy atom. The molecule has 0 N–H and O–H groups in total. The lowest BCUT2D eigenvalue weighted by molar-refractivity contribution is 0.103. The normalized spacial score (nSPS) is 10.7. The van der Waals surface area contributed by atoms with Gasteiger partial charge in [-0.15, -0.1) is 0 Å². The largest absolute Gasteiger partial charge is 0.360 e. The van der Waals surface area contributed by atoms with Crippen LogP contribution in [0.2, 0.25) is 5.02 Å². The molecule has 0 radical (unpaired) electrons. The Kier molecular flexibility index (Phi) is 4.30. The van der Waals surface area contributed by atoms with E-state index in [9.17, 15) is 4.79 Å². The van der Waals surface area contributed by atoms with Gasteiger partial charge in [0.2, 0.25) is 0 Å². The number of carbonyl (C=O) groups is 1. The third-order valence-corrected chi connectivity index (χ3v) is 4.05. The van der Waals surface area contributed by atoms with Crippen molar-refractivity contribution in [3.05, 3.63) is 76.1 Å². The van der Waals surface area contributed by atoms with Gasteiger partial charge >= 0.3 is 0 Å². The molecule has 0 bridgehead atoms. The highest BCUT2D eigenvalue weighted by atomic mass is 35.5. The Balaban J connectivity index is 2.13. The van der Waals surface area contributed by atoms with Crippen molar-refractivity contribution in [2.75, 3.05) is 0 Å². The second kappa shape index (κ2) is 6.39. The van der Waals surface area contributed by atoms with Gasteiger partial charge in [-0.3, -0.25) is 4.79 Å². The number of benzene rings is 2. The SMILES string of the molecule is CCc1onc(C)c1-c1ccccc1C(=O)c1ccc(Cl)cc1. The second-order valence-corrected chi connectivity index (χ2v) is 5.74. The first kappa shape index (κ1) is 15.5. The Bertz CT molecular complexity index is 850. The lowest BCUT2D eigenvalue weighted by atomic mass is 9.92. The summed E-state index contributed by atoms with van der Waals surface area (Å²) in [6.07, 6.45) is 0.722. The Hall–Kier alpha value is -2.39. The zero-order valence-electron chi connectivity index (χ0n) is 13.0. The molecule has 0 aliphatic carbocycles. The Morgan fingerprint density at radius 2 is 1.83 bits per heavy atom. The summed E-state index contributed by atoms with van der Waals surface area (Å²) in [5.41, 5.74) is 3.79. The topological polar surface area (TPSA) is 43.1 Å². The van der Waals surface area contributed by atoms with Crippen molar-refractivity contribution in [2.45, 2.75) is 20.3 Å². The molecule has 3 aromatic rings. The van der Waals surface area contributed by atoms with Crippen LogP contribution in [0.5, 0.6) is 0 Å². The van der Waals surface area contributed by atoms with E-state index in [1.807, 2.05) is 38.1 Å². The summed E-state index contributed by atoms with van der Waals surface area (Å²) in [6.45, 7) is 3.90. The van der Waals surface area contributed by atoms with Gasteiger partial charge in [-0.2, -0.15) is 0 Å². The summed E-state index contributed by atoms with van der Waals surface area (Å²) in [4.78, 5) is 12.9. The van der Waals surface area contributed by atoms with Crippen LogP contribution in [-0.2, 0) is 6.42 Å². The summed E-state index contributed by atoms with van der Waals surface area (Å²) < 4.78 is 5.38. The number of nitrogens with zero attached hydrogens (tertiary/aromatic N) is 1. The van der Waals surface area contributed by atoms with Crippen molar-refractivity contribution in [2.24, 2.45) is 0 Å². The van der Waals surface area contributed by atoms with Gasteiger partial charge in [0.15, 0.2) is 5.78 Å². The smallest absolute Gasteiger partial charge is 0.193 e. The number of aryl methyl sites for hydroxylation is 2. The van der Waals surface area contributed by atoms with Crippen LogP contribution in [-0.4, -0.2) is 10.9 Å². The highest BCUT2D eigenvalue weighted by Gasteiger charge is 2.20. The van der Waals surface area contributed by atoms with Crippen molar-refractivity contribution in [3.63, 3.8) is 0 Å². The zero-order valence-corrected chi connectivity index (χ0v) is 13.7. The molecule has 4 heteroatoms. The molecule has 2 aromatic carbocycles. The number of hydrogen-bond acceptors (Lipinski definition) is 3. The number of hydrogen-bond donors (Lipinski definition) is 0. The van der Waals surface area contributed by atoms with Crippen LogP contribution in [0.3, 0.4) is 0 Å². The zero-order chi connectivity index (χ0) is 16.4. The van der Waals surface area contributed by atoms with E-state index >= 15 is 0 Å². The first-order valence-electron chi connectivity index (χ1n) is 7.46. The average Bonchev–Trinajstić information content (AvgIpc) is 2.95. The number of rotatable bonds is 4. The van der Waals surface area contributed by atoms with Crippen molar-refractivity contribution in [1.82, 2.24) is 5.16 Å². The standard InChI is InChI=1S/C19H16ClNO2/c1-3-17-18(12(2)21-23-17)15-6-4-5-7-16(15)19(22)13-8-10-14(20)11-9-13/h4-11H,3H2,1-2H3. The molecule has 0 saturated heterocycles. The van der Waals surface area contributed by atoms with E-state index in [4.69, 9.17) is 16.1 Å². The monoisotopic (exact) mass is 325 g/mol. The molecule has 0 fully saturated rings. The van der Waals surface area contributed by atoms with Gasteiger partial charge in [0, 0.05) is 28.1 Å². The summed E-state index contributed by atoms with van der Waals surface area (Å²) >= 11 is 5.90. The number of halogens is 1. The van der Waals surface area contributed by atoms with Crippen LogP contribution < -0.4 is 0 Å². The van der Waals surface area contributed by atoms with Crippen molar-refractivity contribution in [1.29, 1.82) is 0 Å². The Morgan fingerprint density at radius 3 is 2.52 bits per heavy atom. The van der Waals surface area contributed by atoms with Crippen LogP contribution in [0.1, 0.15) is 34.3 Å². The van der Waals surface area contributed by atoms with Crippen molar-refractivity contribution in [3.8, 4) is 11.1 Å². The van der Waals surface area contributed by atoms with E-state index in [1.54, 1.807) is 24.3 Å². The fourth-order valence-electron chi connectivity index (χ4n) is 2.66. The van der Waals surface area contributed by atoms with E-state index in [2.05, 4.69) is 5.16 Å². The van der Waals surface area contributed by atoms with Crippen molar-refractivity contribution < 1.29 is 9.32 Å². The summed E-state index contributed by atoms with van der Waals surface area (Å²) in [6, 6.07) is 14.5. The second-order valence-electron chi connectivity index (χ2n) is 5.30. The fraction of sp³-hybridized carbons (Fsp3) is 0.158. The lowest BCUT2D eigenvalue weighted by Crippen LogP contribution is -2.04. The number of carbonyl (C=O) groups excluding carboxylic acids is 1. The Labute approximate surface area is 139 Å². The number of ketones is 1. The first-order chi connectivity index (χ1) is 11.1. The quantitative estimate of drug-likeness (QED) is 0.627. The molecule has 1 aromatic heterocycles. The maximum Gasteiger partial charge on any atom is 0.193 e. The van der Waals surface area contributed by atoms with Crippen LogP contribution in [0.25, 0.3) is 11.1 Å². The molecule has 116 valence electrons. The predicted molar refractivity (Wildman–Crippen MR) is 90.9 cm³/mol. The van der Waals surface area contributed by atoms with E-state index in [1.165, 1.54) is 0 Å². The molecule has 0 amide bonds. The predicted octanol–water partition coefficient (Wildman–Crippen LogP) is 5.10. The van der Waals surface area contributed by atoms with Gasteiger partial charge < -0.3 is 4.52 Å². The molecule has 0 saturated carbocycles. The lowest BCUT2D eigenvalue weighted by Gasteiger charge is -2.09. The van der Waals surface area contributed by atoms with Gasteiger partial charge in [0.1, 0.15) is 5.76 Å². The molecule has 0 aliphatic heterocycles. The van der Waals surface area contributed by atoms with Crippen LogP contribution >= 0.6 is 11.6 Å². The first-order valence-corrected chi connectivity index (χ1v) is 7.84. The van der Waals surface area contributed by atoms with Gasteiger partial charge in [0.05, 0.1) is 5.69 Å². The highest BCUT2D eigenvalue weighted by Crippen LogP contribution is 2.32. The van der Waals surface area contributed by atoms with Gasteiger partial charge in [0.25, 0.3) is 0 Å². The third-order valence-electron chi connectivity index (χ3n) is 3.80. The van der Waals surface area contributed by atoms with E-state index in [0.717, 1.165) is 29.0 Å². The third kappa shape index (κ3) is 2.92. The molecule has 0 atom stereocenters. The van der Waals surface area contributed by atoms with Gasteiger partial charge in [-0.25, -0.2) is 0 Å². The molecule has 1 heterocycles. The van der Waals surface area contributed by atoms with E-state index in [-0.39, 0.29) is 5.78 Å². The molecule has 0 spiro atoms. The minimum atomic E-state index is -0.0417. The molecule has 23 heavy (non-hydrogen) atoms. The summed E-state index contributed by atoms with van der Waals surface area (Å²) in [7, 11) is 0. The van der Waals surface area contributed by atoms with E-state index < -0.39 is 0 Å². The summed E-state index contributed by atoms with van der Waals surface area (Å²) in [5, 5.41) is 4.65. The summed E-state index contributed by atoms with van der Waals surface area (Å²) in [5.74, 6) is 0.749. The molecular weight excluding hydrogens is 310 g/mol. The van der Waals surface area contributed by atoms with Crippen LogP contribution in [0.4, 0.5) is 0 Å².